The van der Waals surface area contributed by atoms with E-state index in [2.05, 4.69) is 76.2 Å². The standard InChI is InChI=1S/C17H12N4O.C11H18N2/c1-11-13(7-12(10-22)8-20-11)4-5-14-9-21-17(18)16-15(14)3-2-6-19-16;1-9-7-11(12-2)6-5-10(9)8-13(3)4/h2-3,6-10H,1H3,(H2,18,21);5-7,12H,8H2,1-4H3. The van der Waals surface area contributed by atoms with Gasteiger partial charge >= 0.3 is 0 Å². The molecule has 0 fully saturated rings. The van der Waals surface area contributed by atoms with Crippen LogP contribution in [0.2, 0.25) is 0 Å². The minimum atomic E-state index is 0.377. The molecule has 3 N–H and O–H groups in total. The van der Waals surface area contributed by atoms with Gasteiger partial charge in [0.2, 0.25) is 0 Å². The Labute approximate surface area is 206 Å². The Hall–Kier alpha value is -4.28. The second-order valence-electron chi connectivity index (χ2n) is 8.36. The van der Waals surface area contributed by atoms with Gasteiger partial charge in [0.05, 0.1) is 11.3 Å². The number of nitrogens with zero attached hydrogens (tertiary/aromatic N) is 4. The van der Waals surface area contributed by atoms with Crippen LogP contribution in [0.3, 0.4) is 0 Å². The molecule has 178 valence electrons. The number of carbonyl (C=O) groups is 1. The molecule has 0 aliphatic carbocycles. The number of fused-ring (bicyclic) bond motifs is 1. The van der Waals surface area contributed by atoms with E-state index in [1.165, 1.54) is 23.0 Å². The smallest absolute Gasteiger partial charge is 0.151 e. The van der Waals surface area contributed by atoms with E-state index < -0.39 is 0 Å². The molecule has 4 rings (SSSR count). The van der Waals surface area contributed by atoms with Gasteiger partial charge in [-0.05, 0) is 69.4 Å². The van der Waals surface area contributed by atoms with Gasteiger partial charge in [0.15, 0.2) is 6.29 Å². The molecule has 1 aromatic carbocycles. The lowest BCUT2D eigenvalue weighted by atomic mass is 10.1. The first-order chi connectivity index (χ1) is 16.8. The number of aryl methyl sites for hydroxylation is 2. The highest BCUT2D eigenvalue weighted by molar-refractivity contribution is 5.91. The van der Waals surface area contributed by atoms with Gasteiger partial charge in [0.25, 0.3) is 0 Å². The predicted molar refractivity (Wildman–Crippen MR) is 142 cm³/mol. The van der Waals surface area contributed by atoms with Crippen molar-refractivity contribution < 1.29 is 4.79 Å². The number of aldehydes is 1. The van der Waals surface area contributed by atoms with Crippen molar-refractivity contribution in [2.45, 2.75) is 20.4 Å². The molecule has 0 spiro atoms. The van der Waals surface area contributed by atoms with Gasteiger partial charge < -0.3 is 16.0 Å². The van der Waals surface area contributed by atoms with Crippen molar-refractivity contribution in [2.75, 3.05) is 32.2 Å². The molecule has 3 heterocycles. The fourth-order valence-electron chi connectivity index (χ4n) is 3.44. The number of pyridine rings is 3. The molecule has 0 saturated carbocycles. The highest BCUT2D eigenvalue weighted by atomic mass is 16.1. The van der Waals surface area contributed by atoms with Crippen LogP contribution in [0.15, 0.2) is 55.0 Å². The van der Waals surface area contributed by atoms with E-state index in [0.717, 1.165) is 29.5 Å². The Morgan fingerprint density at radius 3 is 2.49 bits per heavy atom. The number of rotatable bonds is 4. The van der Waals surface area contributed by atoms with E-state index in [0.29, 0.717) is 22.5 Å². The summed E-state index contributed by atoms with van der Waals surface area (Å²) in [6, 6.07) is 11.9. The largest absolute Gasteiger partial charge is 0.388 e. The second-order valence-corrected chi connectivity index (χ2v) is 8.36. The molecule has 0 radical (unpaired) electrons. The Balaban J connectivity index is 0.000000225. The molecule has 0 unspecified atom stereocenters. The summed E-state index contributed by atoms with van der Waals surface area (Å²) in [5.41, 5.74) is 13.1. The van der Waals surface area contributed by atoms with E-state index in [1.54, 1.807) is 18.5 Å². The van der Waals surface area contributed by atoms with Crippen LogP contribution in [0.1, 0.15) is 38.3 Å². The molecule has 0 amide bonds. The molecule has 4 aromatic rings. The molecule has 0 aliphatic heterocycles. The number of benzene rings is 1. The molecule has 7 heteroatoms. The lowest BCUT2D eigenvalue weighted by Gasteiger charge is -2.13. The van der Waals surface area contributed by atoms with Crippen molar-refractivity contribution in [2.24, 2.45) is 0 Å². The van der Waals surface area contributed by atoms with Gasteiger partial charge in [-0.15, -0.1) is 0 Å². The lowest BCUT2D eigenvalue weighted by molar-refractivity contribution is 0.112. The van der Waals surface area contributed by atoms with Crippen molar-refractivity contribution in [3.63, 3.8) is 0 Å². The van der Waals surface area contributed by atoms with E-state index in [1.807, 2.05) is 26.1 Å². The number of hydrogen-bond donors (Lipinski definition) is 2. The topological polar surface area (TPSA) is 97.0 Å². The summed E-state index contributed by atoms with van der Waals surface area (Å²) in [4.78, 5) is 25.5. The third kappa shape index (κ3) is 6.62. The molecular formula is C28H30N6O. The molecule has 0 aliphatic rings. The van der Waals surface area contributed by atoms with Crippen molar-refractivity contribution in [3.05, 3.63) is 88.5 Å². The van der Waals surface area contributed by atoms with Crippen LogP contribution in [0.25, 0.3) is 10.9 Å². The maximum atomic E-state index is 10.8. The van der Waals surface area contributed by atoms with Crippen LogP contribution in [0, 0.1) is 25.7 Å². The Morgan fingerprint density at radius 1 is 1.03 bits per heavy atom. The number of aromatic nitrogens is 3. The summed E-state index contributed by atoms with van der Waals surface area (Å²) < 4.78 is 0. The third-order valence-corrected chi connectivity index (χ3v) is 5.37. The maximum absolute atomic E-state index is 10.8. The van der Waals surface area contributed by atoms with E-state index in [4.69, 9.17) is 5.73 Å². The summed E-state index contributed by atoms with van der Waals surface area (Å²) in [5, 5.41) is 3.98. The zero-order chi connectivity index (χ0) is 25.4. The molecule has 35 heavy (non-hydrogen) atoms. The number of nitrogen functional groups attached to an aromatic ring is 1. The van der Waals surface area contributed by atoms with Crippen molar-refractivity contribution in [3.8, 4) is 11.8 Å². The number of anilines is 2. The number of nitrogens with one attached hydrogen (secondary N) is 1. The maximum Gasteiger partial charge on any atom is 0.151 e. The van der Waals surface area contributed by atoms with Gasteiger partial charge in [-0.3, -0.25) is 14.8 Å². The monoisotopic (exact) mass is 466 g/mol. The molecule has 3 aromatic heterocycles. The second kappa shape index (κ2) is 11.7. The van der Waals surface area contributed by atoms with Gasteiger partial charge in [-0.1, -0.05) is 17.9 Å². The van der Waals surface area contributed by atoms with Crippen molar-refractivity contribution >= 4 is 28.7 Å². The highest BCUT2D eigenvalue weighted by Gasteiger charge is 2.05. The first-order valence-corrected chi connectivity index (χ1v) is 11.2. The first-order valence-electron chi connectivity index (χ1n) is 11.2. The van der Waals surface area contributed by atoms with Crippen LogP contribution >= 0.6 is 0 Å². The summed E-state index contributed by atoms with van der Waals surface area (Å²) in [7, 11) is 6.12. The molecule has 0 atom stereocenters. The number of hydrogen-bond acceptors (Lipinski definition) is 7. The zero-order valence-corrected chi connectivity index (χ0v) is 20.8. The van der Waals surface area contributed by atoms with Crippen LogP contribution in [0.4, 0.5) is 11.5 Å². The molecule has 0 saturated heterocycles. The normalized spacial score (nSPS) is 10.2. The van der Waals surface area contributed by atoms with E-state index in [9.17, 15) is 4.79 Å². The van der Waals surface area contributed by atoms with Crippen LogP contribution in [0.5, 0.6) is 0 Å². The molecular weight excluding hydrogens is 436 g/mol. The van der Waals surface area contributed by atoms with Gasteiger partial charge in [-0.2, -0.15) is 0 Å². The Bertz CT molecular complexity index is 1400. The number of carbonyl (C=O) groups excluding carboxylic acids is 1. The summed E-state index contributed by atoms with van der Waals surface area (Å²) in [6.45, 7) is 5.01. The minimum absolute atomic E-state index is 0.377. The molecule has 7 nitrogen and oxygen atoms in total. The molecule has 0 bridgehead atoms. The first kappa shape index (κ1) is 25.3. The Kier molecular flexibility index (Phi) is 8.49. The highest BCUT2D eigenvalue weighted by Crippen LogP contribution is 2.19. The van der Waals surface area contributed by atoms with Crippen LogP contribution in [-0.4, -0.2) is 47.3 Å². The van der Waals surface area contributed by atoms with Gasteiger partial charge in [-0.25, -0.2) is 4.98 Å². The van der Waals surface area contributed by atoms with E-state index in [-0.39, 0.29) is 0 Å². The van der Waals surface area contributed by atoms with Gasteiger partial charge in [0, 0.05) is 54.4 Å². The minimum Gasteiger partial charge on any atom is -0.388 e. The van der Waals surface area contributed by atoms with Crippen molar-refractivity contribution in [1.29, 1.82) is 0 Å². The van der Waals surface area contributed by atoms with Crippen molar-refractivity contribution in [1.82, 2.24) is 19.9 Å². The lowest BCUT2D eigenvalue weighted by Crippen LogP contribution is -2.11. The SMILES string of the molecule is CNc1ccc(CN(C)C)c(C)c1.Cc1ncc(C=O)cc1C#Cc1cnc(N)c2ncccc12. The fourth-order valence-corrected chi connectivity index (χ4v) is 3.44. The van der Waals surface area contributed by atoms with Gasteiger partial charge in [0.1, 0.15) is 11.3 Å². The van der Waals surface area contributed by atoms with E-state index >= 15 is 0 Å². The fraction of sp³-hybridized carbons (Fsp3) is 0.214. The average molecular weight is 467 g/mol. The van der Waals surface area contributed by atoms with Crippen LogP contribution in [-0.2, 0) is 6.54 Å². The summed E-state index contributed by atoms with van der Waals surface area (Å²) in [5.74, 6) is 6.47. The Morgan fingerprint density at radius 2 is 1.80 bits per heavy atom. The third-order valence-electron chi connectivity index (χ3n) is 5.37. The predicted octanol–water partition coefficient (Wildman–Crippen LogP) is 4.23. The summed E-state index contributed by atoms with van der Waals surface area (Å²) >= 11 is 0. The summed E-state index contributed by atoms with van der Waals surface area (Å²) in [6.07, 6.45) is 5.57. The quantitative estimate of drug-likeness (QED) is 0.343. The average Bonchev–Trinajstić information content (AvgIpc) is 2.86. The number of nitrogens with two attached hydrogens (primary N) is 1. The zero-order valence-electron chi connectivity index (χ0n) is 20.8. The van der Waals surface area contributed by atoms with Crippen LogP contribution < -0.4 is 11.1 Å².